The van der Waals surface area contributed by atoms with E-state index in [9.17, 15) is 0 Å². The fourth-order valence-electron chi connectivity index (χ4n) is 1.86. The molecular weight excluding hydrogens is 341 g/mol. The first kappa shape index (κ1) is 16.5. The van der Waals surface area contributed by atoms with Crippen LogP contribution in [-0.4, -0.2) is 19.3 Å². The Kier molecular flexibility index (Phi) is 6.22. The van der Waals surface area contributed by atoms with Crippen LogP contribution in [0.5, 0.6) is 11.5 Å². The number of epoxide rings is 1. The van der Waals surface area contributed by atoms with Gasteiger partial charge in [-0.05, 0) is 5.56 Å². The topological polar surface area (TPSA) is 31.0 Å². The second-order valence-corrected chi connectivity index (χ2v) is 4.88. The van der Waals surface area contributed by atoms with Crippen LogP contribution in [0.4, 0.5) is 0 Å². The summed E-state index contributed by atoms with van der Waals surface area (Å²) >= 11 is 0. The Morgan fingerprint density at radius 1 is 1.14 bits per heavy atom. The van der Waals surface area contributed by atoms with E-state index in [1.165, 1.54) is 0 Å². The minimum absolute atomic E-state index is 0. The molecule has 4 heteroatoms. The fraction of sp³-hybridized carbons (Fsp3) is 0.294. The van der Waals surface area contributed by atoms with Gasteiger partial charge in [-0.3, -0.25) is 0 Å². The Morgan fingerprint density at radius 3 is 2.62 bits per heavy atom. The summed E-state index contributed by atoms with van der Waals surface area (Å²) in [6.45, 7) is 3.86. The largest absolute Gasteiger partial charge is 0.545 e. The zero-order valence-electron chi connectivity index (χ0n) is 12.0. The summed E-state index contributed by atoms with van der Waals surface area (Å²) in [5.74, 6) is 1.39. The molecule has 1 atom stereocenters. The van der Waals surface area contributed by atoms with E-state index in [-0.39, 0.29) is 38.8 Å². The van der Waals surface area contributed by atoms with Crippen LogP contribution in [0.15, 0.2) is 42.5 Å². The average Bonchev–Trinajstić information content (AvgIpc) is 3.29. The molecule has 3 rings (SSSR count). The Hall–Kier alpha value is -0.896. The summed E-state index contributed by atoms with van der Waals surface area (Å²) in [6, 6.07) is 17.2. The van der Waals surface area contributed by atoms with Crippen LogP contribution in [0.25, 0.3) is 0 Å². The maximum atomic E-state index is 5.84. The van der Waals surface area contributed by atoms with Crippen molar-refractivity contribution in [2.75, 3.05) is 13.2 Å². The van der Waals surface area contributed by atoms with Crippen molar-refractivity contribution in [3.63, 3.8) is 0 Å². The van der Waals surface area contributed by atoms with Crippen LogP contribution >= 0.6 is 0 Å². The summed E-state index contributed by atoms with van der Waals surface area (Å²) in [6.07, 6.45) is 0.235. The number of benzene rings is 2. The molecular formula is C17H17O3Y-. The third kappa shape index (κ3) is 5.10. The molecule has 1 heterocycles. The number of ether oxygens (including phenoxy) is 3. The van der Waals surface area contributed by atoms with Gasteiger partial charge in [-0.15, -0.1) is 12.1 Å². The quantitative estimate of drug-likeness (QED) is 0.587. The fourth-order valence-corrected chi connectivity index (χ4v) is 1.86. The predicted molar refractivity (Wildman–Crippen MR) is 76.0 cm³/mol. The molecule has 1 fully saturated rings. The van der Waals surface area contributed by atoms with Crippen LogP contribution < -0.4 is 9.47 Å². The van der Waals surface area contributed by atoms with Gasteiger partial charge in [-0.2, -0.15) is 11.6 Å². The number of hydrogen-bond donors (Lipinski definition) is 0. The predicted octanol–water partition coefficient (Wildman–Crippen LogP) is 3.15. The van der Waals surface area contributed by atoms with Crippen molar-refractivity contribution in [2.45, 2.75) is 19.6 Å². The standard InChI is InChI=1S/C17H17O3.Y/c1-13-7-8-16(20-12-15-11-18-15)17(9-13)19-10-14-5-3-2-4-6-14;/h2-8,15H,10-12H2,1H3;/q-1;. The second kappa shape index (κ2) is 7.93. The minimum Gasteiger partial charge on any atom is -0.545 e. The minimum atomic E-state index is 0. The molecule has 2 aromatic rings. The van der Waals surface area contributed by atoms with Gasteiger partial charge >= 0.3 is 0 Å². The van der Waals surface area contributed by atoms with Gasteiger partial charge < -0.3 is 14.2 Å². The number of hydrogen-bond acceptors (Lipinski definition) is 3. The van der Waals surface area contributed by atoms with Crippen LogP contribution in [0.2, 0.25) is 0 Å². The van der Waals surface area contributed by atoms with Gasteiger partial charge in [0.25, 0.3) is 0 Å². The van der Waals surface area contributed by atoms with Gasteiger partial charge in [-0.25, -0.2) is 0 Å². The molecule has 0 aromatic heterocycles. The maximum absolute atomic E-state index is 5.84. The monoisotopic (exact) mass is 358 g/mol. The van der Waals surface area contributed by atoms with E-state index in [1.807, 2.05) is 49.4 Å². The molecule has 1 saturated heterocycles. The Balaban J connectivity index is 0.00000161. The smallest absolute Gasteiger partial charge is 0.113 e. The maximum Gasteiger partial charge on any atom is 0.113 e. The van der Waals surface area contributed by atoms with Crippen molar-refractivity contribution in [1.82, 2.24) is 0 Å². The van der Waals surface area contributed by atoms with E-state index < -0.39 is 0 Å². The van der Waals surface area contributed by atoms with Crippen molar-refractivity contribution in [1.29, 1.82) is 0 Å². The zero-order chi connectivity index (χ0) is 13.8. The van der Waals surface area contributed by atoms with Gasteiger partial charge in [0.1, 0.15) is 19.3 Å². The molecule has 107 valence electrons. The zero-order valence-corrected chi connectivity index (χ0v) is 14.9. The van der Waals surface area contributed by atoms with Crippen molar-refractivity contribution in [2.24, 2.45) is 0 Å². The number of rotatable bonds is 6. The molecule has 0 aliphatic carbocycles. The summed E-state index contributed by atoms with van der Waals surface area (Å²) in [7, 11) is 0. The van der Waals surface area contributed by atoms with Gasteiger partial charge in [0.15, 0.2) is 0 Å². The van der Waals surface area contributed by atoms with Crippen LogP contribution in [0.1, 0.15) is 11.1 Å². The second-order valence-electron chi connectivity index (χ2n) is 4.88. The normalized spacial score (nSPS) is 16.0. The van der Waals surface area contributed by atoms with Gasteiger partial charge in [0.2, 0.25) is 0 Å². The Morgan fingerprint density at radius 2 is 1.90 bits per heavy atom. The summed E-state index contributed by atoms with van der Waals surface area (Å²) in [5, 5.41) is 0. The molecule has 1 unspecified atom stereocenters. The van der Waals surface area contributed by atoms with Crippen molar-refractivity contribution in [3.05, 3.63) is 59.7 Å². The van der Waals surface area contributed by atoms with Gasteiger partial charge in [0.05, 0.1) is 6.61 Å². The van der Waals surface area contributed by atoms with E-state index in [2.05, 4.69) is 6.07 Å². The van der Waals surface area contributed by atoms with E-state index in [0.717, 1.165) is 23.5 Å². The van der Waals surface area contributed by atoms with Crippen molar-refractivity contribution >= 4 is 0 Å². The summed E-state index contributed by atoms with van der Waals surface area (Å²) in [4.78, 5) is 0. The number of aryl methyl sites for hydroxylation is 1. The molecule has 2 aromatic carbocycles. The first-order chi connectivity index (χ1) is 9.81. The third-order valence-corrected chi connectivity index (χ3v) is 3.07. The molecule has 0 amide bonds. The first-order valence-corrected chi connectivity index (χ1v) is 6.75. The summed E-state index contributed by atoms with van der Waals surface area (Å²) in [5.41, 5.74) is 2.15. The van der Waals surface area contributed by atoms with E-state index in [4.69, 9.17) is 14.2 Å². The average molecular weight is 358 g/mol. The Bertz CT molecular complexity index is 568. The van der Waals surface area contributed by atoms with Crippen molar-refractivity contribution in [3.8, 4) is 11.5 Å². The van der Waals surface area contributed by atoms with Crippen LogP contribution in [0, 0.1) is 13.0 Å². The van der Waals surface area contributed by atoms with E-state index in [1.54, 1.807) is 0 Å². The Labute approximate surface area is 150 Å². The molecule has 0 N–H and O–H groups in total. The molecule has 1 aliphatic heterocycles. The van der Waals surface area contributed by atoms with Gasteiger partial charge in [-0.1, -0.05) is 37.3 Å². The summed E-state index contributed by atoms with van der Waals surface area (Å²) < 4.78 is 16.7. The first-order valence-electron chi connectivity index (χ1n) is 6.75. The molecule has 21 heavy (non-hydrogen) atoms. The molecule has 0 spiro atoms. The van der Waals surface area contributed by atoms with Gasteiger partial charge in [0, 0.05) is 44.2 Å². The molecule has 1 radical (unpaired) electrons. The SMILES string of the molecule is Cc1[c-]c(OCc2ccccc2)c(OCC2CO2)cc1.[Y]. The van der Waals surface area contributed by atoms with Crippen LogP contribution in [0.3, 0.4) is 0 Å². The van der Waals surface area contributed by atoms with Crippen molar-refractivity contribution < 1.29 is 46.9 Å². The molecule has 0 saturated carbocycles. The van der Waals surface area contributed by atoms with E-state index in [0.29, 0.717) is 19.0 Å². The molecule has 1 aliphatic rings. The van der Waals surface area contributed by atoms with E-state index >= 15 is 0 Å². The van der Waals surface area contributed by atoms with Crippen LogP contribution in [-0.2, 0) is 44.1 Å². The molecule has 3 nitrogen and oxygen atoms in total. The molecule has 0 bridgehead atoms. The third-order valence-electron chi connectivity index (χ3n) is 3.07.